The molecule has 0 aromatic carbocycles. The van der Waals surface area contributed by atoms with Crippen LogP contribution in [0.5, 0.6) is 0 Å². The van der Waals surface area contributed by atoms with Crippen molar-refractivity contribution in [3.63, 3.8) is 0 Å². The molecule has 4 nitrogen and oxygen atoms in total. The van der Waals surface area contributed by atoms with Gasteiger partial charge in [0.15, 0.2) is 0 Å². The van der Waals surface area contributed by atoms with E-state index in [9.17, 15) is 5.11 Å². The molecule has 0 bridgehead atoms. The number of aryl methyl sites for hydroxylation is 1. The molecule has 2 aromatic rings. The molecular weight excluding hydrogens is 202 g/mol. The van der Waals surface area contributed by atoms with Gasteiger partial charge < -0.3 is 9.51 Å². The van der Waals surface area contributed by atoms with Crippen LogP contribution >= 0.6 is 0 Å². The first-order valence-electron chi connectivity index (χ1n) is 5.56. The van der Waals surface area contributed by atoms with Crippen LogP contribution in [0, 0.1) is 6.92 Å². The number of β-amino-alcohol motifs (C(OH)–C–C–N with tert-alkyl or cyclic N) is 1. The summed E-state index contributed by atoms with van der Waals surface area (Å²) in [5, 5.41) is 9.21. The highest BCUT2D eigenvalue weighted by Gasteiger charge is 2.24. The number of hydrogen-bond donors (Lipinski definition) is 1. The van der Waals surface area contributed by atoms with Crippen molar-refractivity contribution in [2.24, 2.45) is 0 Å². The third kappa shape index (κ3) is 1.60. The van der Waals surface area contributed by atoms with Crippen LogP contribution in [0.3, 0.4) is 0 Å². The quantitative estimate of drug-likeness (QED) is 0.809. The van der Waals surface area contributed by atoms with E-state index in [2.05, 4.69) is 33.5 Å². The van der Waals surface area contributed by atoms with Crippen molar-refractivity contribution < 1.29 is 5.11 Å². The normalized spacial score (nSPS) is 17.9. The van der Waals surface area contributed by atoms with Crippen LogP contribution in [0.25, 0.3) is 5.65 Å². The van der Waals surface area contributed by atoms with Gasteiger partial charge in [0.25, 0.3) is 0 Å². The van der Waals surface area contributed by atoms with Gasteiger partial charge in [-0.3, -0.25) is 4.90 Å². The molecule has 0 atom stereocenters. The molecule has 0 spiro atoms. The van der Waals surface area contributed by atoms with Crippen LogP contribution in [0.15, 0.2) is 24.5 Å². The predicted octanol–water partition coefficient (Wildman–Crippen LogP) is 0.819. The van der Waals surface area contributed by atoms with Crippen LogP contribution in [0.2, 0.25) is 0 Å². The van der Waals surface area contributed by atoms with Gasteiger partial charge in [-0.2, -0.15) is 0 Å². The highest BCUT2D eigenvalue weighted by Crippen LogP contribution is 2.15. The Hall–Kier alpha value is -1.39. The van der Waals surface area contributed by atoms with E-state index in [-0.39, 0.29) is 6.10 Å². The maximum Gasteiger partial charge on any atom is 0.139 e. The number of imidazole rings is 1. The summed E-state index contributed by atoms with van der Waals surface area (Å²) >= 11 is 0. The summed E-state index contributed by atoms with van der Waals surface area (Å²) in [5.41, 5.74) is 3.29. The number of likely N-dealkylation sites (tertiary alicyclic amines) is 1. The molecule has 1 aliphatic rings. The second kappa shape index (κ2) is 3.57. The molecule has 2 aromatic heterocycles. The van der Waals surface area contributed by atoms with Gasteiger partial charge in [-0.05, 0) is 18.6 Å². The Balaban J connectivity index is 1.85. The fourth-order valence-electron chi connectivity index (χ4n) is 2.18. The van der Waals surface area contributed by atoms with Gasteiger partial charge in [0.1, 0.15) is 5.65 Å². The number of nitrogens with zero attached hydrogens (tertiary/aromatic N) is 3. The Morgan fingerprint density at radius 2 is 2.31 bits per heavy atom. The largest absolute Gasteiger partial charge is 0.390 e. The lowest BCUT2D eigenvalue weighted by atomic mass is 10.1. The van der Waals surface area contributed by atoms with E-state index >= 15 is 0 Å². The summed E-state index contributed by atoms with van der Waals surface area (Å²) in [5.74, 6) is 0. The Morgan fingerprint density at radius 3 is 3.00 bits per heavy atom. The van der Waals surface area contributed by atoms with Gasteiger partial charge in [0, 0.05) is 32.0 Å². The van der Waals surface area contributed by atoms with Crippen LogP contribution in [0.1, 0.15) is 11.3 Å². The lowest BCUT2D eigenvalue weighted by Crippen LogP contribution is -2.49. The van der Waals surface area contributed by atoms with Crippen molar-refractivity contribution in [2.45, 2.75) is 19.6 Å². The molecule has 1 aliphatic heterocycles. The van der Waals surface area contributed by atoms with Crippen molar-refractivity contribution in [2.75, 3.05) is 13.1 Å². The number of aromatic nitrogens is 2. The van der Waals surface area contributed by atoms with Gasteiger partial charge in [-0.25, -0.2) is 4.98 Å². The SMILES string of the molecule is Cc1cccn2cc(CN3CC(O)C3)nc12. The van der Waals surface area contributed by atoms with Gasteiger partial charge in [-0.15, -0.1) is 0 Å². The summed E-state index contributed by atoms with van der Waals surface area (Å²) in [4.78, 5) is 6.79. The average molecular weight is 217 g/mol. The minimum Gasteiger partial charge on any atom is -0.390 e. The molecule has 0 radical (unpaired) electrons. The second-order valence-electron chi connectivity index (χ2n) is 4.50. The van der Waals surface area contributed by atoms with Crippen molar-refractivity contribution >= 4 is 5.65 Å². The lowest BCUT2D eigenvalue weighted by molar-refractivity contribution is -0.00346. The maximum atomic E-state index is 9.21. The first-order valence-corrected chi connectivity index (χ1v) is 5.56. The first-order chi connectivity index (χ1) is 7.72. The molecule has 3 rings (SSSR count). The van der Waals surface area contributed by atoms with E-state index < -0.39 is 0 Å². The molecule has 0 aliphatic carbocycles. The molecule has 1 N–H and O–H groups in total. The van der Waals surface area contributed by atoms with E-state index in [0.29, 0.717) is 0 Å². The molecule has 0 amide bonds. The Bertz CT molecular complexity index is 514. The number of hydrogen-bond acceptors (Lipinski definition) is 3. The summed E-state index contributed by atoms with van der Waals surface area (Å²) in [6, 6.07) is 4.10. The fraction of sp³-hybridized carbons (Fsp3) is 0.417. The van der Waals surface area contributed by atoms with Crippen molar-refractivity contribution in [1.29, 1.82) is 0 Å². The van der Waals surface area contributed by atoms with E-state index in [1.165, 1.54) is 5.56 Å². The molecular formula is C12H15N3O. The Labute approximate surface area is 94.1 Å². The molecule has 3 heterocycles. The van der Waals surface area contributed by atoms with Crippen molar-refractivity contribution in [3.05, 3.63) is 35.8 Å². The highest BCUT2D eigenvalue weighted by atomic mass is 16.3. The smallest absolute Gasteiger partial charge is 0.139 e. The second-order valence-corrected chi connectivity index (χ2v) is 4.50. The van der Waals surface area contributed by atoms with Gasteiger partial charge >= 0.3 is 0 Å². The zero-order chi connectivity index (χ0) is 11.1. The number of aliphatic hydroxyl groups excluding tert-OH is 1. The standard InChI is InChI=1S/C12H15N3O/c1-9-3-2-4-15-6-10(13-12(9)15)5-14-7-11(16)8-14/h2-4,6,11,16H,5,7-8H2,1H3. The molecule has 0 unspecified atom stereocenters. The van der Waals surface area contributed by atoms with Crippen LogP contribution < -0.4 is 0 Å². The van der Waals surface area contributed by atoms with Crippen LogP contribution in [-0.4, -0.2) is 38.6 Å². The minimum atomic E-state index is -0.140. The summed E-state index contributed by atoms with van der Waals surface area (Å²) in [7, 11) is 0. The third-order valence-electron chi connectivity index (χ3n) is 3.05. The Kier molecular flexibility index (Phi) is 2.19. The van der Waals surface area contributed by atoms with Gasteiger partial charge in [0.2, 0.25) is 0 Å². The highest BCUT2D eigenvalue weighted by molar-refractivity contribution is 5.47. The summed E-state index contributed by atoms with van der Waals surface area (Å²) in [6.45, 7) is 4.44. The predicted molar refractivity (Wildman–Crippen MR) is 61.2 cm³/mol. The van der Waals surface area contributed by atoms with Crippen LogP contribution in [0.4, 0.5) is 0 Å². The third-order valence-corrected chi connectivity index (χ3v) is 3.05. The monoisotopic (exact) mass is 217 g/mol. The lowest BCUT2D eigenvalue weighted by Gasteiger charge is -2.35. The zero-order valence-electron chi connectivity index (χ0n) is 9.30. The molecule has 0 saturated carbocycles. The number of pyridine rings is 1. The number of rotatable bonds is 2. The minimum absolute atomic E-state index is 0.140. The maximum absolute atomic E-state index is 9.21. The van der Waals surface area contributed by atoms with E-state index in [0.717, 1.165) is 31.0 Å². The first kappa shape index (κ1) is 9.81. The molecule has 4 heteroatoms. The van der Waals surface area contributed by atoms with Crippen molar-refractivity contribution in [1.82, 2.24) is 14.3 Å². The molecule has 16 heavy (non-hydrogen) atoms. The molecule has 1 fully saturated rings. The number of fused-ring (bicyclic) bond motifs is 1. The average Bonchev–Trinajstić information content (AvgIpc) is 2.60. The van der Waals surface area contributed by atoms with Crippen molar-refractivity contribution in [3.8, 4) is 0 Å². The molecule has 1 saturated heterocycles. The van der Waals surface area contributed by atoms with Gasteiger partial charge in [-0.1, -0.05) is 6.07 Å². The topological polar surface area (TPSA) is 40.8 Å². The molecule has 84 valence electrons. The van der Waals surface area contributed by atoms with E-state index in [1.54, 1.807) is 0 Å². The van der Waals surface area contributed by atoms with Crippen LogP contribution in [-0.2, 0) is 6.54 Å². The fourth-order valence-corrected chi connectivity index (χ4v) is 2.18. The van der Waals surface area contributed by atoms with Gasteiger partial charge in [0.05, 0.1) is 11.8 Å². The van der Waals surface area contributed by atoms with E-state index in [4.69, 9.17) is 0 Å². The summed E-state index contributed by atoms with van der Waals surface area (Å²) in [6.07, 6.45) is 3.94. The number of aliphatic hydroxyl groups is 1. The Morgan fingerprint density at radius 1 is 1.50 bits per heavy atom. The zero-order valence-corrected chi connectivity index (χ0v) is 9.30. The van der Waals surface area contributed by atoms with E-state index in [1.807, 2.05) is 12.3 Å². The summed E-state index contributed by atoms with van der Waals surface area (Å²) < 4.78 is 2.06.